The van der Waals surface area contributed by atoms with E-state index in [-0.39, 0.29) is 46.8 Å². The van der Waals surface area contributed by atoms with E-state index in [4.69, 9.17) is 4.74 Å². The fourth-order valence-electron chi connectivity index (χ4n) is 6.25. The molecule has 39 heavy (non-hydrogen) atoms. The van der Waals surface area contributed by atoms with Crippen molar-refractivity contribution in [1.29, 1.82) is 5.26 Å². The molecule has 5 rings (SSSR count). The number of carbonyl (C=O) groups excluding carboxylic acids is 3. The maximum absolute atomic E-state index is 13.4. The number of alkyl halides is 3. The third kappa shape index (κ3) is 5.63. The first-order valence-corrected chi connectivity index (χ1v) is 13.1. The molecule has 3 amide bonds. The number of nitrogens with zero attached hydrogens (tertiary/aromatic N) is 2. The van der Waals surface area contributed by atoms with Crippen LogP contribution in [0.4, 0.5) is 13.2 Å². The fourth-order valence-corrected chi connectivity index (χ4v) is 6.25. The molecule has 0 aromatic heterocycles. The van der Waals surface area contributed by atoms with Crippen molar-refractivity contribution in [2.45, 2.75) is 69.9 Å². The van der Waals surface area contributed by atoms with Crippen molar-refractivity contribution in [3.05, 3.63) is 24.3 Å². The van der Waals surface area contributed by atoms with Crippen LogP contribution < -0.4 is 20.1 Å². The molecule has 5 atom stereocenters. The standard InChI is InChI=1S/C27H31F3N4O5/c1-25(2)19-13-34(20(35)14-38-17-3-5-18(6-4-17)39-27(28,29)30)22(21(19)25)24(37)32-16(12-31)11-15-7-8-26(9-10-26)33-23(15)36/h3-6,15-16,19,21-22H,7-11,13-14H2,1-2H3,(H,32,37)(H,33,36)/t15-,16-,19-,21-,22-/m0/s1. The SMILES string of the molecule is CC1(C)[C@@H]2[C@@H](C(=O)N[C@H](C#N)C[C@@H]3CCC4(CC4)NC3=O)N(C(=O)COc3ccc(OC(F)(F)F)cc3)C[C@@H]21. The van der Waals surface area contributed by atoms with E-state index in [2.05, 4.69) is 21.4 Å². The Balaban J connectivity index is 1.19. The van der Waals surface area contributed by atoms with Gasteiger partial charge in [0.05, 0.1) is 6.07 Å². The zero-order valence-corrected chi connectivity index (χ0v) is 21.7. The zero-order chi connectivity index (χ0) is 28.2. The number of carbonyl (C=O) groups is 3. The van der Waals surface area contributed by atoms with E-state index >= 15 is 0 Å². The lowest BCUT2D eigenvalue weighted by molar-refractivity contribution is -0.274. The van der Waals surface area contributed by atoms with Gasteiger partial charge in [-0.3, -0.25) is 14.4 Å². The molecular weight excluding hydrogens is 517 g/mol. The van der Waals surface area contributed by atoms with Gasteiger partial charge in [-0.05, 0) is 73.6 Å². The number of fused-ring (bicyclic) bond motifs is 1. The number of hydrogen-bond acceptors (Lipinski definition) is 6. The molecule has 2 N–H and O–H groups in total. The average Bonchev–Trinajstić information content (AvgIpc) is 3.65. The van der Waals surface area contributed by atoms with Crippen molar-refractivity contribution >= 4 is 17.7 Å². The third-order valence-corrected chi connectivity index (χ3v) is 8.79. The summed E-state index contributed by atoms with van der Waals surface area (Å²) in [5, 5.41) is 15.6. The summed E-state index contributed by atoms with van der Waals surface area (Å²) in [4.78, 5) is 40.5. The molecule has 0 bridgehead atoms. The second-order valence-corrected chi connectivity index (χ2v) is 11.7. The highest BCUT2D eigenvalue weighted by Crippen LogP contribution is 2.64. The molecule has 4 fully saturated rings. The van der Waals surface area contributed by atoms with E-state index in [0.29, 0.717) is 13.0 Å². The van der Waals surface area contributed by atoms with Gasteiger partial charge in [0.1, 0.15) is 23.6 Å². The molecular formula is C27H31F3N4O5. The van der Waals surface area contributed by atoms with Gasteiger partial charge in [-0.25, -0.2) is 0 Å². The van der Waals surface area contributed by atoms with E-state index in [1.807, 2.05) is 13.8 Å². The van der Waals surface area contributed by atoms with E-state index < -0.39 is 42.6 Å². The summed E-state index contributed by atoms with van der Waals surface area (Å²) in [5.41, 5.74) is -0.199. The second kappa shape index (κ2) is 9.61. The summed E-state index contributed by atoms with van der Waals surface area (Å²) in [6.07, 6.45) is -1.10. The van der Waals surface area contributed by atoms with Gasteiger partial charge in [-0.15, -0.1) is 13.2 Å². The van der Waals surface area contributed by atoms with Crippen molar-refractivity contribution in [2.24, 2.45) is 23.2 Å². The van der Waals surface area contributed by atoms with Crippen molar-refractivity contribution in [1.82, 2.24) is 15.5 Å². The Kier molecular flexibility index (Phi) is 6.67. The molecule has 210 valence electrons. The number of hydrogen-bond donors (Lipinski definition) is 2. The Labute approximate surface area is 224 Å². The monoisotopic (exact) mass is 548 g/mol. The van der Waals surface area contributed by atoms with Crippen LogP contribution in [-0.4, -0.2) is 59.8 Å². The Bertz CT molecular complexity index is 1190. The molecule has 2 aliphatic heterocycles. The summed E-state index contributed by atoms with van der Waals surface area (Å²) < 4.78 is 46.4. The van der Waals surface area contributed by atoms with Crippen molar-refractivity contribution in [3.8, 4) is 17.6 Å². The molecule has 9 nitrogen and oxygen atoms in total. The lowest BCUT2D eigenvalue weighted by Gasteiger charge is -2.32. The number of amides is 3. The quantitative estimate of drug-likeness (QED) is 0.516. The molecule has 12 heteroatoms. The van der Waals surface area contributed by atoms with Crippen molar-refractivity contribution in [2.75, 3.05) is 13.2 Å². The zero-order valence-electron chi connectivity index (χ0n) is 21.7. The molecule has 2 saturated heterocycles. The summed E-state index contributed by atoms with van der Waals surface area (Å²) >= 11 is 0. The van der Waals surface area contributed by atoms with Crippen LogP contribution in [0.25, 0.3) is 0 Å². The predicted octanol–water partition coefficient (Wildman–Crippen LogP) is 2.90. The molecule has 2 heterocycles. The van der Waals surface area contributed by atoms with Crippen LogP contribution in [0.15, 0.2) is 24.3 Å². The number of nitrogens with one attached hydrogen (secondary N) is 2. The molecule has 2 saturated carbocycles. The van der Waals surface area contributed by atoms with Gasteiger partial charge >= 0.3 is 6.36 Å². The van der Waals surface area contributed by atoms with Crippen LogP contribution in [-0.2, 0) is 14.4 Å². The van der Waals surface area contributed by atoms with Crippen LogP contribution in [0, 0.1) is 34.5 Å². The molecule has 4 aliphatic rings. The summed E-state index contributed by atoms with van der Waals surface area (Å²) in [6, 6.07) is 5.12. The van der Waals surface area contributed by atoms with E-state index in [0.717, 1.165) is 31.4 Å². The van der Waals surface area contributed by atoms with E-state index in [1.54, 1.807) is 0 Å². The lowest BCUT2D eigenvalue weighted by atomic mass is 9.87. The number of rotatable bonds is 8. The smallest absolute Gasteiger partial charge is 0.484 e. The minimum absolute atomic E-state index is 0.0583. The number of halogens is 3. The van der Waals surface area contributed by atoms with Crippen LogP contribution >= 0.6 is 0 Å². The van der Waals surface area contributed by atoms with Gasteiger partial charge in [0.15, 0.2) is 6.61 Å². The average molecular weight is 549 g/mol. The minimum atomic E-state index is -4.81. The number of ether oxygens (including phenoxy) is 2. The Morgan fingerprint density at radius 3 is 2.46 bits per heavy atom. The van der Waals surface area contributed by atoms with Gasteiger partial charge in [-0.1, -0.05) is 13.8 Å². The predicted molar refractivity (Wildman–Crippen MR) is 130 cm³/mol. The lowest BCUT2D eigenvalue weighted by Crippen LogP contribution is -2.53. The molecule has 1 aromatic carbocycles. The normalized spacial score (nSPS) is 28.5. The summed E-state index contributed by atoms with van der Waals surface area (Å²) in [7, 11) is 0. The summed E-state index contributed by atoms with van der Waals surface area (Å²) in [5.74, 6) is -1.50. The second-order valence-electron chi connectivity index (χ2n) is 11.7. The topological polar surface area (TPSA) is 121 Å². The first-order chi connectivity index (χ1) is 18.3. The fraction of sp³-hybridized carbons (Fsp3) is 0.630. The maximum Gasteiger partial charge on any atom is 0.573 e. The van der Waals surface area contributed by atoms with E-state index in [9.17, 15) is 32.8 Å². The largest absolute Gasteiger partial charge is 0.573 e. The van der Waals surface area contributed by atoms with Crippen LogP contribution in [0.1, 0.15) is 46.0 Å². The first-order valence-electron chi connectivity index (χ1n) is 13.1. The number of piperidine rings is 2. The van der Waals surface area contributed by atoms with Gasteiger partial charge in [0.2, 0.25) is 11.8 Å². The molecule has 1 aromatic rings. The highest BCUT2D eigenvalue weighted by molar-refractivity contribution is 5.90. The van der Waals surface area contributed by atoms with Gasteiger partial charge < -0.3 is 25.0 Å². The highest BCUT2D eigenvalue weighted by atomic mass is 19.4. The Hall–Kier alpha value is -3.49. The minimum Gasteiger partial charge on any atom is -0.484 e. The van der Waals surface area contributed by atoms with Crippen molar-refractivity contribution in [3.63, 3.8) is 0 Å². The summed E-state index contributed by atoms with van der Waals surface area (Å²) in [6.45, 7) is 4.02. The van der Waals surface area contributed by atoms with Gasteiger partial charge in [-0.2, -0.15) is 5.26 Å². The van der Waals surface area contributed by atoms with E-state index in [1.165, 1.54) is 17.0 Å². The number of likely N-dealkylation sites (tertiary alicyclic amines) is 1. The molecule has 2 aliphatic carbocycles. The molecule has 0 unspecified atom stereocenters. The number of benzene rings is 1. The highest BCUT2D eigenvalue weighted by Gasteiger charge is 2.69. The number of nitriles is 1. The Morgan fingerprint density at radius 2 is 1.87 bits per heavy atom. The molecule has 1 spiro atoms. The Morgan fingerprint density at radius 1 is 1.21 bits per heavy atom. The first kappa shape index (κ1) is 27.1. The van der Waals surface area contributed by atoms with Crippen LogP contribution in [0.5, 0.6) is 11.5 Å². The van der Waals surface area contributed by atoms with Crippen molar-refractivity contribution < 1.29 is 37.0 Å². The molecule has 0 radical (unpaired) electrons. The maximum atomic E-state index is 13.4. The van der Waals surface area contributed by atoms with Gasteiger partial charge in [0, 0.05) is 18.0 Å². The third-order valence-electron chi connectivity index (χ3n) is 8.79. The van der Waals surface area contributed by atoms with Gasteiger partial charge in [0.25, 0.3) is 5.91 Å². The van der Waals surface area contributed by atoms with Crippen LogP contribution in [0.2, 0.25) is 0 Å². The van der Waals surface area contributed by atoms with Crippen LogP contribution in [0.3, 0.4) is 0 Å².